The van der Waals surface area contributed by atoms with Gasteiger partial charge in [0.2, 0.25) is 10.0 Å². The van der Waals surface area contributed by atoms with Crippen molar-refractivity contribution in [2.45, 2.75) is 44.2 Å². The van der Waals surface area contributed by atoms with Crippen molar-refractivity contribution in [3.63, 3.8) is 0 Å². The molecule has 9 heteroatoms. The Morgan fingerprint density at radius 2 is 1.93 bits per heavy atom. The van der Waals surface area contributed by atoms with E-state index in [1.807, 2.05) is 38.3 Å². The van der Waals surface area contributed by atoms with Crippen LogP contribution in [-0.4, -0.2) is 32.4 Å². The van der Waals surface area contributed by atoms with Crippen LogP contribution in [0.25, 0.3) is 0 Å². The molecular weight excluding hydrogens is 400 g/mol. The summed E-state index contributed by atoms with van der Waals surface area (Å²) in [5.74, 6) is -1.18. The topological polar surface area (TPSA) is 102 Å². The van der Waals surface area contributed by atoms with Crippen LogP contribution in [-0.2, 0) is 26.1 Å². The average Bonchev–Trinajstić information content (AvgIpc) is 3.18. The quantitative estimate of drug-likeness (QED) is 0.603. The van der Waals surface area contributed by atoms with Crippen LogP contribution in [0.1, 0.15) is 42.4 Å². The van der Waals surface area contributed by atoms with E-state index in [-0.39, 0.29) is 17.0 Å². The highest BCUT2D eigenvalue weighted by molar-refractivity contribution is 7.89. The first-order chi connectivity index (χ1) is 13.1. The van der Waals surface area contributed by atoms with E-state index in [2.05, 4.69) is 10.0 Å². The molecule has 2 N–H and O–H groups in total. The molecule has 1 aromatic carbocycles. The number of ether oxygens (including phenoxy) is 1. The van der Waals surface area contributed by atoms with Gasteiger partial charge in [0.25, 0.3) is 5.91 Å². The fourth-order valence-corrected chi connectivity index (χ4v) is 3.96. The van der Waals surface area contributed by atoms with Crippen molar-refractivity contribution in [3.8, 4) is 0 Å². The second-order valence-corrected chi connectivity index (χ2v) is 9.59. The van der Waals surface area contributed by atoms with Gasteiger partial charge in [-0.05, 0) is 49.9 Å². The van der Waals surface area contributed by atoms with Crippen LogP contribution < -0.4 is 10.0 Å². The van der Waals surface area contributed by atoms with Crippen molar-refractivity contribution in [3.05, 3.63) is 52.2 Å². The summed E-state index contributed by atoms with van der Waals surface area (Å²) in [6.07, 6.45) is 0.727. The second-order valence-electron chi connectivity index (χ2n) is 6.79. The summed E-state index contributed by atoms with van der Waals surface area (Å²) in [5, 5.41) is 4.62. The molecule has 0 atom stereocenters. The number of thiophene rings is 1. The normalized spacial score (nSPS) is 11.8. The minimum absolute atomic E-state index is 0.0462. The highest BCUT2D eigenvalue weighted by Crippen LogP contribution is 2.15. The van der Waals surface area contributed by atoms with E-state index in [4.69, 9.17) is 4.74 Å². The van der Waals surface area contributed by atoms with Crippen molar-refractivity contribution in [1.29, 1.82) is 0 Å². The van der Waals surface area contributed by atoms with E-state index in [9.17, 15) is 18.0 Å². The zero-order chi connectivity index (χ0) is 20.8. The summed E-state index contributed by atoms with van der Waals surface area (Å²) in [6.45, 7) is 5.40. The van der Waals surface area contributed by atoms with Crippen LogP contribution in [0.5, 0.6) is 0 Å². The van der Waals surface area contributed by atoms with Crippen LogP contribution >= 0.6 is 11.3 Å². The Labute approximate surface area is 169 Å². The number of sulfonamides is 1. The van der Waals surface area contributed by atoms with Gasteiger partial charge in [-0.3, -0.25) is 4.79 Å². The summed E-state index contributed by atoms with van der Waals surface area (Å²) in [5.41, 5.74) is -0.340. The van der Waals surface area contributed by atoms with Gasteiger partial charge in [-0.1, -0.05) is 19.1 Å². The molecule has 0 radical (unpaired) electrons. The van der Waals surface area contributed by atoms with Gasteiger partial charge in [0.1, 0.15) is 0 Å². The fourth-order valence-electron chi connectivity index (χ4n) is 2.17. The molecule has 0 bridgehead atoms. The lowest BCUT2D eigenvalue weighted by atomic mass is 10.0. The first-order valence-electron chi connectivity index (χ1n) is 8.73. The summed E-state index contributed by atoms with van der Waals surface area (Å²) in [7, 11) is -3.78. The maximum atomic E-state index is 12.4. The second kappa shape index (κ2) is 9.31. The molecule has 0 fully saturated rings. The molecule has 28 heavy (non-hydrogen) atoms. The fraction of sp³-hybridized carbons (Fsp3) is 0.368. The van der Waals surface area contributed by atoms with E-state index < -0.39 is 34.0 Å². The van der Waals surface area contributed by atoms with Crippen molar-refractivity contribution >= 4 is 33.2 Å². The summed E-state index contributed by atoms with van der Waals surface area (Å²) in [6, 6.07) is 9.18. The molecule has 0 saturated heterocycles. The van der Waals surface area contributed by atoms with E-state index in [0.717, 1.165) is 11.3 Å². The maximum absolute atomic E-state index is 12.4. The number of rotatable bonds is 9. The van der Waals surface area contributed by atoms with Crippen molar-refractivity contribution in [2.75, 3.05) is 6.61 Å². The highest BCUT2D eigenvalue weighted by atomic mass is 32.2. The number of carbonyl (C=O) groups is 2. The van der Waals surface area contributed by atoms with E-state index in [0.29, 0.717) is 0 Å². The SMILES string of the molecule is CCC(C)(C)NC(=O)COC(=O)c1cccc(S(=O)(=O)NCc2cccs2)c1. The van der Waals surface area contributed by atoms with Gasteiger partial charge in [0.05, 0.1) is 10.5 Å². The molecule has 2 aromatic rings. The van der Waals surface area contributed by atoms with E-state index in [1.54, 1.807) is 0 Å². The van der Waals surface area contributed by atoms with E-state index in [1.165, 1.54) is 35.6 Å². The predicted octanol–water partition coefficient (Wildman–Crippen LogP) is 2.69. The molecule has 0 aliphatic heterocycles. The molecular formula is C19H24N2O5S2. The largest absolute Gasteiger partial charge is 0.452 e. The molecule has 7 nitrogen and oxygen atoms in total. The van der Waals surface area contributed by atoms with Crippen LogP contribution in [0.4, 0.5) is 0 Å². The van der Waals surface area contributed by atoms with Crippen LogP contribution in [0.2, 0.25) is 0 Å². The third-order valence-corrected chi connectivity index (χ3v) is 6.37. The highest BCUT2D eigenvalue weighted by Gasteiger charge is 2.20. The Morgan fingerprint density at radius 1 is 1.18 bits per heavy atom. The van der Waals surface area contributed by atoms with Gasteiger partial charge in [-0.15, -0.1) is 11.3 Å². The standard InChI is InChI=1S/C19H24N2O5S2/c1-4-19(2,3)21-17(22)13-26-18(23)14-7-5-9-16(11-14)28(24,25)20-12-15-8-6-10-27-15/h5-11,20H,4,12-13H2,1-3H3,(H,21,22). The molecule has 0 saturated carbocycles. The third kappa shape index (κ3) is 6.43. The van der Waals surface area contributed by atoms with Crippen molar-refractivity contribution in [2.24, 2.45) is 0 Å². The molecule has 0 spiro atoms. The lowest BCUT2D eigenvalue weighted by Crippen LogP contribution is -2.44. The average molecular weight is 425 g/mol. The molecule has 1 amide bonds. The van der Waals surface area contributed by atoms with Crippen molar-refractivity contribution < 1.29 is 22.7 Å². The number of esters is 1. The summed E-state index contributed by atoms with van der Waals surface area (Å²) in [4.78, 5) is 24.9. The Hall–Kier alpha value is -2.23. The van der Waals surface area contributed by atoms with Crippen LogP contribution in [0.3, 0.4) is 0 Å². The number of benzene rings is 1. The molecule has 2 rings (SSSR count). The molecule has 1 aromatic heterocycles. The first kappa shape index (κ1) is 22.1. The smallest absolute Gasteiger partial charge is 0.338 e. The van der Waals surface area contributed by atoms with E-state index >= 15 is 0 Å². The zero-order valence-corrected chi connectivity index (χ0v) is 17.7. The van der Waals surface area contributed by atoms with Gasteiger partial charge in [-0.2, -0.15) is 0 Å². The summed E-state index contributed by atoms with van der Waals surface area (Å²) < 4.78 is 32.4. The first-order valence-corrected chi connectivity index (χ1v) is 11.1. The lowest BCUT2D eigenvalue weighted by molar-refractivity contribution is -0.125. The van der Waals surface area contributed by atoms with Gasteiger partial charge in [-0.25, -0.2) is 17.9 Å². The van der Waals surface area contributed by atoms with Gasteiger partial charge >= 0.3 is 5.97 Å². The Kier molecular flexibility index (Phi) is 7.34. The molecule has 0 aliphatic carbocycles. The van der Waals surface area contributed by atoms with Crippen molar-refractivity contribution in [1.82, 2.24) is 10.0 Å². The number of hydrogen-bond donors (Lipinski definition) is 2. The molecule has 0 unspecified atom stereocenters. The molecule has 1 heterocycles. The molecule has 0 aliphatic rings. The zero-order valence-electron chi connectivity index (χ0n) is 16.0. The van der Waals surface area contributed by atoms with Crippen LogP contribution in [0, 0.1) is 0 Å². The molecule has 152 valence electrons. The third-order valence-electron chi connectivity index (χ3n) is 4.09. The predicted molar refractivity (Wildman–Crippen MR) is 108 cm³/mol. The minimum atomic E-state index is -3.78. The van der Waals surface area contributed by atoms with Crippen LogP contribution in [0.15, 0.2) is 46.7 Å². The monoisotopic (exact) mass is 424 g/mol. The maximum Gasteiger partial charge on any atom is 0.338 e. The van der Waals surface area contributed by atoms with Gasteiger partial charge < -0.3 is 10.1 Å². The number of hydrogen-bond acceptors (Lipinski definition) is 6. The van der Waals surface area contributed by atoms with Gasteiger partial charge in [0, 0.05) is 17.0 Å². The Morgan fingerprint density at radius 3 is 2.57 bits per heavy atom. The summed E-state index contributed by atoms with van der Waals surface area (Å²) >= 11 is 1.44. The number of amides is 1. The van der Waals surface area contributed by atoms with Gasteiger partial charge in [0.15, 0.2) is 6.61 Å². The minimum Gasteiger partial charge on any atom is -0.452 e. The Balaban J connectivity index is 1.99. The Bertz CT molecular complexity index is 922. The number of nitrogens with one attached hydrogen (secondary N) is 2. The lowest BCUT2D eigenvalue weighted by Gasteiger charge is -2.24. The number of carbonyl (C=O) groups excluding carboxylic acids is 2.